The highest BCUT2D eigenvalue weighted by Gasteiger charge is 2.21. The molecule has 1 nitrogen and oxygen atoms in total. The van der Waals surface area contributed by atoms with Crippen LogP contribution in [0.4, 0.5) is 0 Å². The maximum atomic E-state index is 3.35. The number of aromatic amines is 1. The van der Waals surface area contributed by atoms with Crippen molar-refractivity contribution in [3.63, 3.8) is 0 Å². The first-order valence-electron chi connectivity index (χ1n) is 6.98. The largest absolute Gasteiger partial charge is 0.303 e. The van der Waals surface area contributed by atoms with Crippen LogP contribution in [0.15, 0.2) is 54.8 Å². The van der Waals surface area contributed by atoms with Gasteiger partial charge in [0.1, 0.15) is 0 Å². The first-order valence-corrected chi connectivity index (χ1v) is 6.98. The molecule has 0 amide bonds. The van der Waals surface area contributed by atoms with Crippen LogP contribution < -0.4 is 4.98 Å². The average molecular weight is 261 g/mol. The van der Waals surface area contributed by atoms with E-state index in [0.717, 1.165) is 11.3 Å². The van der Waals surface area contributed by atoms with E-state index in [4.69, 9.17) is 0 Å². The van der Waals surface area contributed by atoms with Crippen molar-refractivity contribution in [3.8, 4) is 0 Å². The number of H-pyrrole nitrogens is 1. The van der Waals surface area contributed by atoms with Gasteiger partial charge < -0.3 is 0 Å². The minimum absolute atomic E-state index is 0.173. The van der Waals surface area contributed by atoms with Gasteiger partial charge >= 0.3 is 5.69 Å². The number of fused-ring (bicyclic) bond motifs is 1. The normalized spacial score (nSPS) is 14.2. The van der Waals surface area contributed by atoms with E-state index >= 15 is 0 Å². The SMILES string of the molecule is CC(C)(C)c1ccc2c(C3=CC=CC=[C+]3)[nH+]ccc2c1. The fourth-order valence-corrected chi connectivity index (χ4v) is 2.46. The Morgan fingerprint density at radius 1 is 1.05 bits per heavy atom. The van der Waals surface area contributed by atoms with E-state index in [-0.39, 0.29) is 5.41 Å². The Morgan fingerprint density at radius 2 is 1.90 bits per heavy atom. The molecule has 0 unspecified atom stereocenters. The summed E-state index contributed by atoms with van der Waals surface area (Å²) >= 11 is 0. The highest BCUT2D eigenvalue weighted by molar-refractivity contribution is 5.93. The van der Waals surface area contributed by atoms with Crippen molar-refractivity contribution in [1.29, 1.82) is 0 Å². The van der Waals surface area contributed by atoms with Gasteiger partial charge in [-0.05, 0) is 23.1 Å². The standard InChI is InChI=1S/C19H18N/c1-19(2,3)16-9-10-17-15(13-16)11-12-20-18(17)14-7-5-4-6-8-14/h4-7,9-13H,1-3H3/q+1/p+1. The third kappa shape index (κ3) is 2.29. The van der Waals surface area contributed by atoms with Crippen LogP contribution in [-0.4, -0.2) is 0 Å². The lowest BCUT2D eigenvalue weighted by atomic mass is 9.85. The van der Waals surface area contributed by atoms with Gasteiger partial charge in [-0.3, -0.25) is 0 Å². The van der Waals surface area contributed by atoms with E-state index in [9.17, 15) is 0 Å². The first kappa shape index (κ1) is 12.8. The summed E-state index contributed by atoms with van der Waals surface area (Å²) in [6, 6.07) is 8.86. The maximum absolute atomic E-state index is 3.35. The minimum atomic E-state index is 0.173. The molecule has 3 rings (SSSR count). The molecule has 0 radical (unpaired) electrons. The minimum Gasteiger partial charge on any atom is -0.170 e. The van der Waals surface area contributed by atoms with Crippen molar-refractivity contribution in [2.75, 3.05) is 0 Å². The molecule has 1 aliphatic carbocycles. The van der Waals surface area contributed by atoms with Crippen molar-refractivity contribution in [3.05, 3.63) is 72.1 Å². The quantitative estimate of drug-likeness (QED) is 0.681. The summed E-state index contributed by atoms with van der Waals surface area (Å²) < 4.78 is 0. The zero-order valence-corrected chi connectivity index (χ0v) is 12.2. The molecule has 98 valence electrons. The molecule has 0 saturated heterocycles. The molecule has 0 saturated carbocycles. The van der Waals surface area contributed by atoms with E-state index in [1.165, 1.54) is 16.3 Å². The molecule has 0 bridgehead atoms. The van der Waals surface area contributed by atoms with Crippen LogP contribution in [0.3, 0.4) is 0 Å². The monoisotopic (exact) mass is 261 g/mol. The van der Waals surface area contributed by atoms with E-state index in [0.29, 0.717) is 0 Å². The molecule has 1 N–H and O–H groups in total. The molecule has 0 spiro atoms. The van der Waals surface area contributed by atoms with Crippen LogP contribution in [0.25, 0.3) is 16.3 Å². The zero-order valence-electron chi connectivity index (χ0n) is 12.2. The Kier molecular flexibility index (Phi) is 3.00. The Labute approximate surface area is 120 Å². The summed E-state index contributed by atoms with van der Waals surface area (Å²) in [4.78, 5) is 3.35. The highest BCUT2D eigenvalue weighted by atomic mass is 14.7. The number of nitrogens with one attached hydrogen (secondary N) is 1. The predicted molar refractivity (Wildman–Crippen MR) is 84.1 cm³/mol. The first-order chi connectivity index (χ1) is 9.55. The number of aromatic nitrogens is 1. The topological polar surface area (TPSA) is 14.1 Å². The smallest absolute Gasteiger partial charge is 0.170 e. The second-order valence-electron chi connectivity index (χ2n) is 6.18. The predicted octanol–water partition coefficient (Wildman–Crippen LogP) is 4.26. The van der Waals surface area contributed by atoms with Gasteiger partial charge in [-0.25, -0.2) is 0 Å². The summed E-state index contributed by atoms with van der Waals surface area (Å²) in [6.07, 6.45) is 13.4. The molecule has 1 aliphatic rings. The van der Waals surface area contributed by atoms with E-state index in [1.54, 1.807) is 0 Å². The fourth-order valence-electron chi connectivity index (χ4n) is 2.46. The summed E-state index contributed by atoms with van der Waals surface area (Å²) in [5.41, 5.74) is 3.76. The van der Waals surface area contributed by atoms with E-state index < -0.39 is 0 Å². The lowest BCUT2D eigenvalue weighted by Gasteiger charge is -2.19. The lowest BCUT2D eigenvalue weighted by molar-refractivity contribution is -0.379. The molecule has 1 heteroatoms. The summed E-state index contributed by atoms with van der Waals surface area (Å²) in [6.45, 7) is 6.74. The molecule has 20 heavy (non-hydrogen) atoms. The van der Waals surface area contributed by atoms with Crippen LogP contribution in [-0.2, 0) is 5.41 Å². The van der Waals surface area contributed by atoms with Crippen molar-refractivity contribution < 1.29 is 4.98 Å². The van der Waals surface area contributed by atoms with Crippen molar-refractivity contribution in [1.82, 2.24) is 0 Å². The number of hydrogen-bond acceptors (Lipinski definition) is 0. The van der Waals surface area contributed by atoms with Gasteiger partial charge in [-0.1, -0.05) is 26.8 Å². The van der Waals surface area contributed by atoms with Crippen molar-refractivity contribution >= 4 is 16.3 Å². The number of benzene rings is 1. The van der Waals surface area contributed by atoms with Gasteiger partial charge in [0.15, 0.2) is 6.20 Å². The molecule has 2 aromatic rings. The fraction of sp³-hybridized carbons (Fsp3) is 0.211. The van der Waals surface area contributed by atoms with Crippen molar-refractivity contribution in [2.45, 2.75) is 26.2 Å². The van der Waals surface area contributed by atoms with Gasteiger partial charge in [0.2, 0.25) is 5.57 Å². The summed E-state index contributed by atoms with van der Waals surface area (Å²) in [5.74, 6) is 0. The molecule has 1 aromatic heterocycles. The lowest BCUT2D eigenvalue weighted by Crippen LogP contribution is -2.13. The molecule has 1 heterocycles. The molecular formula is C19H19N+2. The van der Waals surface area contributed by atoms with Gasteiger partial charge in [0.05, 0.1) is 11.5 Å². The molecule has 0 fully saturated rings. The van der Waals surface area contributed by atoms with Crippen LogP contribution in [0.2, 0.25) is 0 Å². The Morgan fingerprint density at radius 3 is 2.60 bits per heavy atom. The number of rotatable bonds is 1. The zero-order chi connectivity index (χ0) is 14.2. The van der Waals surface area contributed by atoms with Crippen molar-refractivity contribution in [2.24, 2.45) is 0 Å². The van der Waals surface area contributed by atoms with E-state index in [1.807, 2.05) is 24.4 Å². The molecule has 1 aromatic carbocycles. The molecule has 0 aliphatic heterocycles. The number of hydrogen-bond donors (Lipinski definition) is 0. The highest BCUT2D eigenvalue weighted by Crippen LogP contribution is 2.28. The van der Waals surface area contributed by atoms with Gasteiger partial charge in [0, 0.05) is 35.8 Å². The van der Waals surface area contributed by atoms with Gasteiger partial charge in [0.25, 0.3) is 0 Å². The van der Waals surface area contributed by atoms with Gasteiger partial charge in [-0.2, -0.15) is 4.98 Å². The number of allylic oxidation sites excluding steroid dienone is 6. The number of pyridine rings is 1. The van der Waals surface area contributed by atoms with Gasteiger partial charge in [-0.15, -0.1) is 0 Å². The Balaban J connectivity index is 2.19. The Bertz CT molecular complexity index is 740. The third-order valence-electron chi connectivity index (χ3n) is 3.66. The second kappa shape index (κ2) is 4.70. The molecular weight excluding hydrogens is 242 g/mol. The summed E-state index contributed by atoms with van der Waals surface area (Å²) in [7, 11) is 0. The van der Waals surface area contributed by atoms with Crippen LogP contribution in [0.1, 0.15) is 32.0 Å². The van der Waals surface area contributed by atoms with Crippen LogP contribution in [0.5, 0.6) is 0 Å². The average Bonchev–Trinajstić information content (AvgIpc) is 2.46. The second-order valence-corrected chi connectivity index (χ2v) is 6.18. The summed E-state index contributed by atoms with van der Waals surface area (Å²) in [5, 5.41) is 2.51. The van der Waals surface area contributed by atoms with Crippen LogP contribution in [0, 0.1) is 6.08 Å². The van der Waals surface area contributed by atoms with E-state index in [2.05, 4.69) is 62.2 Å². The molecule has 0 atom stereocenters. The Hall–Kier alpha value is -2.24. The van der Waals surface area contributed by atoms with Crippen LogP contribution >= 0.6 is 0 Å². The maximum Gasteiger partial charge on any atom is 0.303 e. The third-order valence-corrected chi connectivity index (χ3v) is 3.66.